The number of carbonyl (C=O) groups is 1. The highest BCUT2D eigenvalue weighted by Gasteiger charge is 2.22. The summed E-state index contributed by atoms with van der Waals surface area (Å²) in [5, 5.41) is 3.71. The Labute approximate surface area is 200 Å². The molecule has 0 saturated carbocycles. The molecule has 1 aliphatic rings. The van der Waals surface area contributed by atoms with E-state index >= 15 is 0 Å². The smallest absolute Gasteiger partial charge is 0.238 e. The van der Waals surface area contributed by atoms with E-state index in [2.05, 4.69) is 20.1 Å². The quantitative estimate of drug-likeness (QED) is 0.584. The number of aryl methyl sites for hydroxylation is 1. The number of para-hydroxylation sites is 1. The highest BCUT2D eigenvalue weighted by molar-refractivity contribution is 6.30. The molecule has 2 heterocycles. The lowest BCUT2D eigenvalue weighted by Gasteiger charge is -2.35. The Balaban J connectivity index is 0.00000171. The fraction of sp³-hybridized carbons (Fsp3) is 0.273. The lowest BCUT2D eigenvalue weighted by atomic mass is 10.2. The lowest BCUT2D eigenvalue weighted by molar-refractivity contribution is -0.117. The molecule has 1 saturated heterocycles. The average molecular weight is 483 g/mol. The van der Waals surface area contributed by atoms with Gasteiger partial charge in [0.15, 0.2) is 0 Å². The molecule has 1 amide bonds. The summed E-state index contributed by atoms with van der Waals surface area (Å²) in [6.07, 6.45) is 3.75. The summed E-state index contributed by atoms with van der Waals surface area (Å²) in [5.41, 5.74) is 2.93. The fourth-order valence-corrected chi connectivity index (χ4v) is 3.75. The maximum atomic E-state index is 12.4. The predicted molar refractivity (Wildman–Crippen MR) is 132 cm³/mol. The maximum absolute atomic E-state index is 12.4. The molecule has 9 heteroatoms. The van der Waals surface area contributed by atoms with Crippen LogP contribution < -0.4 is 10.2 Å². The fourth-order valence-electron chi connectivity index (χ4n) is 3.57. The Hall–Kier alpha value is -2.25. The number of aromatic nitrogens is 2. The number of halogens is 3. The zero-order chi connectivity index (χ0) is 20.2. The van der Waals surface area contributed by atoms with Crippen LogP contribution >= 0.6 is 36.4 Å². The maximum Gasteiger partial charge on any atom is 0.238 e. The molecule has 1 N–H and O–H groups in total. The van der Waals surface area contributed by atoms with E-state index < -0.39 is 0 Å². The molecule has 0 atom stereocenters. The van der Waals surface area contributed by atoms with E-state index in [-0.39, 0.29) is 30.7 Å². The molecule has 0 spiro atoms. The van der Waals surface area contributed by atoms with E-state index in [1.54, 1.807) is 6.20 Å². The van der Waals surface area contributed by atoms with Crippen LogP contribution in [0.2, 0.25) is 5.02 Å². The van der Waals surface area contributed by atoms with Gasteiger partial charge in [-0.3, -0.25) is 14.3 Å². The van der Waals surface area contributed by atoms with Crippen LogP contribution in [0.1, 0.15) is 5.56 Å². The van der Waals surface area contributed by atoms with Crippen molar-refractivity contribution >= 4 is 54.0 Å². The summed E-state index contributed by atoms with van der Waals surface area (Å²) < 4.78 is 2.05. The van der Waals surface area contributed by atoms with E-state index in [0.717, 1.165) is 49.1 Å². The van der Waals surface area contributed by atoms with Crippen LogP contribution in [0.4, 0.5) is 11.6 Å². The van der Waals surface area contributed by atoms with E-state index in [4.69, 9.17) is 11.6 Å². The number of benzene rings is 2. The molecule has 0 radical (unpaired) electrons. The molecule has 0 unspecified atom stereocenters. The van der Waals surface area contributed by atoms with E-state index in [0.29, 0.717) is 11.6 Å². The van der Waals surface area contributed by atoms with Crippen LogP contribution in [0.3, 0.4) is 0 Å². The lowest BCUT2D eigenvalue weighted by Crippen LogP contribution is -2.49. The molecular weight excluding hydrogens is 457 g/mol. The van der Waals surface area contributed by atoms with Gasteiger partial charge in [-0.25, -0.2) is 4.98 Å². The third-order valence-corrected chi connectivity index (χ3v) is 5.38. The molecule has 166 valence electrons. The van der Waals surface area contributed by atoms with E-state index in [1.165, 1.54) is 0 Å². The van der Waals surface area contributed by atoms with Gasteiger partial charge in [-0.05, 0) is 36.8 Å². The number of amides is 1. The Kier molecular flexibility index (Phi) is 9.19. The number of hydrogen-bond donors (Lipinski definition) is 1. The molecule has 3 aromatic rings. The first kappa shape index (κ1) is 25.0. The van der Waals surface area contributed by atoms with Crippen molar-refractivity contribution in [1.82, 2.24) is 14.5 Å². The van der Waals surface area contributed by atoms with Gasteiger partial charge in [0.1, 0.15) is 0 Å². The Morgan fingerprint density at radius 1 is 1.06 bits per heavy atom. The highest BCUT2D eigenvalue weighted by atomic mass is 35.5. The highest BCUT2D eigenvalue weighted by Crippen LogP contribution is 2.22. The van der Waals surface area contributed by atoms with Crippen molar-refractivity contribution in [3.05, 3.63) is 71.5 Å². The van der Waals surface area contributed by atoms with Gasteiger partial charge in [0, 0.05) is 55.0 Å². The van der Waals surface area contributed by atoms with Gasteiger partial charge in [0.05, 0.1) is 6.54 Å². The van der Waals surface area contributed by atoms with Gasteiger partial charge < -0.3 is 10.2 Å². The zero-order valence-electron chi connectivity index (χ0n) is 17.2. The SMILES string of the molecule is Cc1ccccc1NC(=O)CN1CCN(c2nccn2-c2cccc(Cl)c2)CC1.Cl.Cl. The van der Waals surface area contributed by atoms with Crippen LogP contribution in [0.15, 0.2) is 60.9 Å². The minimum atomic E-state index is 0. The third kappa shape index (κ3) is 6.14. The van der Waals surface area contributed by atoms with Crippen LogP contribution in [-0.2, 0) is 4.79 Å². The van der Waals surface area contributed by atoms with Gasteiger partial charge in [0.2, 0.25) is 11.9 Å². The monoisotopic (exact) mass is 481 g/mol. The summed E-state index contributed by atoms with van der Waals surface area (Å²) in [7, 11) is 0. The minimum absolute atomic E-state index is 0. The molecule has 6 nitrogen and oxygen atoms in total. The number of imidazole rings is 1. The second kappa shape index (κ2) is 11.4. The molecule has 0 bridgehead atoms. The van der Waals surface area contributed by atoms with Crippen LogP contribution in [0.5, 0.6) is 0 Å². The number of nitrogens with zero attached hydrogens (tertiary/aromatic N) is 4. The van der Waals surface area contributed by atoms with Crippen molar-refractivity contribution in [2.75, 3.05) is 42.9 Å². The van der Waals surface area contributed by atoms with Crippen LogP contribution in [0, 0.1) is 6.92 Å². The van der Waals surface area contributed by atoms with Gasteiger partial charge in [-0.1, -0.05) is 35.9 Å². The predicted octanol–water partition coefficient (Wildman–Crippen LogP) is 4.44. The number of carbonyl (C=O) groups excluding carboxylic acids is 1. The Bertz CT molecular complexity index is 1000. The summed E-state index contributed by atoms with van der Waals surface area (Å²) >= 11 is 6.14. The normalized spacial score (nSPS) is 13.8. The first-order chi connectivity index (χ1) is 14.1. The van der Waals surface area contributed by atoms with Crippen molar-refractivity contribution in [2.24, 2.45) is 0 Å². The summed E-state index contributed by atoms with van der Waals surface area (Å²) in [4.78, 5) is 21.4. The van der Waals surface area contributed by atoms with E-state index in [1.807, 2.05) is 66.2 Å². The summed E-state index contributed by atoms with van der Waals surface area (Å²) in [5.74, 6) is 0.921. The number of nitrogens with one attached hydrogen (secondary N) is 1. The van der Waals surface area contributed by atoms with Crippen molar-refractivity contribution in [3.63, 3.8) is 0 Å². The standard InChI is InChI=1S/C22H24ClN5O.2ClH/c1-17-5-2-3-8-20(17)25-21(29)16-26-11-13-27(14-12-26)22-24-9-10-28(22)19-7-4-6-18(23)15-19;;/h2-10,15H,11-14,16H2,1H3,(H,25,29);2*1H. The summed E-state index contributed by atoms with van der Waals surface area (Å²) in [6.45, 7) is 5.64. The Morgan fingerprint density at radius 2 is 1.81 bits per heavy atom. The second-order valence-corrected chi connectivity index (χ2v) is 7.64. The average Bonchev–Trinajstić information content (AvgIpc) is 3.20. The van der Waals surface area contributed by atoms with Crippen molar-refractivity contribution in [3.8, 4) is 5.69 Å². The van der Waals surface area contributed by atoms with Crippen LogP contribution in [-0.4, -0.2) is 53.1 Å². The molecule has 1 aliphatic heterocycles. The zero-order valence-corrected chi connectivity index (χ0v) is 19.6. The third-order valence-electron chi connectivity index (χ3n) is 5.15. The molecular formula is C22H26Cl3N5O. The minimum Gasteiger partial charge on any atom is -0.339 e. The first-order valence-corrected chi connectivity index (χ1v) is 10.1. The first-order valence-electron chi connectivity index (χ1n) is 9.72. The molecule has 1 fully saturated rings. The van der Waals surface area contributed by atoms with Gasteiger partial charge in [0.25, 0.3) is 0 Å². The summed E-state index contributed by atoms with van der Waals surface area (Å²) in [6, 6.07) is 15.6. The number of rotatable bonds is 5. The molecule has 4 rings (SSSR count). The number of piperazine rings is 1. The number of anilines is 2. The Morgan fingerprint density at radius 3 is 2.52 bits per heavy atom. The van der Waals surface area contributed by atoms with Crippen LogP contribution in [0.25, 0.3) is 5.69 Å². The van der Waals surface area contributed by atoms with E-state index in [9.17, 15) is 4.79 Å². The van der Waals surface area contributed by atoms with Gasteiger partial charge in [-0.2, -0.15) is 0 Å². The van der Waals surface area contributed by atoms with Crippen molar-refractivity contribution in [1.29, 1.82) is 0 Å². The van der Waals surface area contributed by atoms with Gasteiger partial charge >= 0.3 is 0 Å². The molecule has 0 aliphatic carbocycles. The molecule has 2 aromatic carbocycles. The van der Waals surface area contributed by atoms with Crippen molar-refractivity contribution < 1.29 is 4.79 Å². The number of hydrogen-bond acceptors (Lipinski definition) is 4. The largest absolute Gasteiger partial charge is 0.339 e. The topological polar surface area (TPSA) is 53.4 Å². The second-order valence-electron chi connectivity index (χ2n) is 7.20. The van der Waals surface area contributed by atoms with Crippen molar-refractivity contribution in [2.45, 2.75) is 6.92 Å². The molecule has 31 heavy (non-hydrogen) atoms. The van der Waals surface area contributed by atoms with Gasteiger partial charge in [-0.15, -0.1) is 24.8 Å². The molecule has 1 aromatic heterocycles.